The second kappa shape index (κ2) is 9.46. The molecular formula is C18H29N2O2+. The van der Waals surface area contributed by atoms with E-state index >= 15 is 0 Å². The molecule has 1 amide bonds. The minimum Gasteiger partial charge on any atom is -0.497 e. The molecule has 0 unspecified atom stereocenters. The molecule has 0 bridgehead atoms. The molecule has 3 N–H and O–H groups in total. The lowest BCUT2D eigenvalue weighted by atomic mass is 10.1. The largest absolute Gasteiger partial charge is 0.497 e. The molecule has 4 heteroatoms. The maximum absolute atomic E-state index is 12.0. The van der Waals surface area contributed by atoms with Gasteiger partial charge in [0.1, 0.15) is 5.75 Å². The zero-order valence-corrected chi connectivity index (χ0v) is 13.6. The van der Waals surface area contributed by atoms with Crippen LogP contribution in [0.2, 0.25) is 0 Å². The fraction of sp³-hybridized carbons (Fsp3) is 0.611. The van der Waals surface area contributed by atoms with E-state index in [0.29, 0.717) is 12.6 Å². The first-order chi connectivity index (χ1) is 10.8. The maximum Gasteiger partial charge on any atom is 0.275 e. The number of carbonyl (C=O) groups is 1. The summed E-state index contributed by atoms with van der Waals surface area (Å²) in [6, 6.07) is 8.53. The minimum atomic E-state index is 0.182. The van der Waals surface area contributed by atoms with Crippen LogP contribution in [0.1, 0.15) is 44.1 Å². The third-order valence-corrected chi connectivity index (χ3v) is 4.35. The molecule has 1 aliphatic rings. The van der Waals surface area contributed by atoms with Crippen molar-refractivity contribution in [2.24, 2.45) is 0 Å². The van der Waals surface area contributed by atoms with Gasteiger partial charge in [0.25, 0.3) is 5.91 Å². The van der Waals surface area contributed by atoms with Gasteiger partial charge in [0.15, 0.2) is 6.54 Å². The normalized spacial score (nSPS) is 16.0. The van der Waals surface area contributed by atoms with Gasteiger partial charge in [0, 0.05) is 12.5 Å². The van der Waals surface area contributed by atoms with Crippen LogP contribution in [0.25, 0.3) is 0 Å². The molecule has 2 rings (SSSR count). The minimum absolute atomic E-state index is 0.182. The lowest BCUT2D eigenvalue weighted by Crippen LogP contribution is -2.87. The molecule has 4 nitrogen and oxygen atoms in total. The number of rotatable bonds is 7. The van der Waals surface area contributed by atoms with E-state index in [-0.39, 0.29) is 5.91 Å². The van der Waals surface area contributed by atoms with Gasteiger partial charge in [-0.1, -0.05) is 37.8 Å². The van der Waals surface area contributed by atoms with E-state index in [4.69, 9.17) is 4.74 Å². The molecule has 0 heterocycles. The van der Waals surface area contributed by atoms with Crippen LogP contribution in [-0.2, 0) is 11.2 Å². The molecule has 0 radical (unpaired) electrons. The Morgan fingerprint density at radius 1 is 1.18 bits per heavy atom. The number of nitrogens with two attached hydrogens (primary N) is 1. The molecule has 0 atom stereocenters. The summed E-state index contributed by atoms with van der Waals surface area (Å²) in [5, 5.41) is 5.28. The van der Waals surface area contributed by atoms with E-state index in [0.717, 1.165) is 31.6 Å². The molecular weight excluding hydrogens is 276 g/mol. The number of quaternary nitrogens is 1. The Bertz CT molecular complexity index is 437. The number of carbonyl (C=O) groups excluding carboxylic acids is 1. The van der Waals surface area contributed by atoms with Crippen molar-refractivity contribution in [1.82, 2.24) is 5.32 Å². The molecule has 1 aliphatic carbocycles. The lowest BCUT2D eigenvalue weighted by Gasteiger charge is -2.15. The van der Waals surface area contributed by atoms with Gasteiger partial charge in [-0.2, -0.15) is 0 Å². The van der Waals surface area contributed by atoms with E-state index < -0.39 is 0 Å². The molecule has 0 aliphatic heterocycles. The van der Waals surface area contributed by atoms with Crippen molar-refractivity contribution < 1.29 is 14.8 Å². The zero-order valence-electron chi connectivity index (χ0n) is 13.6. The Labute approximate surface area is 133 Å². The third-order valence-electron chi connectivity index (χ3n) is 4.35. The van der Waals surface area contributed by atoms with Crippen molar-refractivity contribution in [3.63, 3.8) is 0 Å². The van der Waals surface area contributed by atoms with Gasteiger partial charge < -0.3 is 15.4 Å². The topological polar surface area (TPSA) is 54.9 Å². The highest BCUT2D eigenvalue weighted by atomic mass is 16.5. The number of benzene rings is 1. The summed E-state index contributed by atoms with van der Waals surface area (Å²) >= 11 is 0. The number of hydrogen-bond donors (Lipinski definition) is 2. The highest BCUT2D eigenvalue weighted by Gasteiger charge is 2.15. The predicted molar refractivity (Wildman–Crippen MR) is 88.0 cm³/mol. The number of nitrogens with one attached hydrogen (secondary N) is 1. The molecule has 1 fully saturated rings. The molecule has 1 saturated carbocycles. The standard InChI is InChI=1S/C18H28N2O2/c1-22-17-10-8-15(9-11-17)12-13-19-14-18(21)20-16-6-4-2-3-5-7-16/h8-11,16,19H,2-7,12-14H2,1H3,(H,20,21)/p+1. The maximum atomic E-state index is 12.0. The average Bonchev–Trinajstić information content (AvgIpc) is 2.81. The SMILES string of the molecule is COc1ccc(CC[NH2+]CC(=O)NC2CCCCCC2)cc1. The van der Waals surface area contributed by atoms with Crippen molar-refractivity contribution in [2.45, 2.75) is 51.0 Å². The second-order valence-electron chi connectivity index (χ2n) is 6.14. The van der Waals surface area contributed by atoms with Crippen LogP contribution in [0, 0.1) is 0 Å². The molecule has 0 spiro atoms. The second-order valence-corrected chi connectivity index (χ2v) is 6.14. The first-order valence-corrected chi connectivity index (χ1v) is 8.52. The summed E-state index contributed by atoms with van der Waals surface area (Å²) in [7, 11) is 1.68. The summed E-state index contributed by atoms with van der Waals surface area (Å²) < 4.78 is 5.15. The van der Waals surface area contributed by atoms with Gasteiger partial charge >= 0.3 is 0 Å². The van der Waals surface area contributed by atoms with E-state index in [9.17, 15) is 4.79 Å². The van der Waals surface area contributed by atoms with Crippen molar-refractivity contribution in [1.29, 1.82) is 0 Å². The van der Waals surface area contributed by atoms with Gasteiger partial charge in [0.2, 0.25) is 0 Å². The number of ether oxygens (including phenoxy) is 1. The van der Waals surface area contributed by atoms with Crippen molar-refractivity contribution in [2.75, 3.05) is 20.2 Å². The summed E-state index contributed by atoms with van der Waals surface area (Å²) in [4.78, 5) is 12.0. The fourth-order valence-corrected chi connectivity index (χ4v) is 3.00. The summed E-state index contributed by atoms with van der Waals surface area (Å²) in [6.45, 7) is 1.47. The predicted octanol–water partition coefficient (Wildman–Crippen LogP) is 1.64. The van der Waals surface area contributed by atoms with Gasteiger partial charge in [0.05, 0.1) is 13.7 Å². The Hall–Kier alpha value is -1.55. The van der Waals surface area contributed by atoms with Crippen LogP contribution < -0.4 is 15.4 Å². The van der Waals surface area contributed by atoms with E-state index in [1.54, 1.807) is 7.11 Å². The summed E-state index contributed by atoms with van der Waals surface area (Å²) in [6.07, 6.45) is 8.43. The first-order valence-electron chi connectivity index (χ1n) is 8.52. The Kier molecular flexibility index (Phi) is 7.23. The summed E-state index contributed by atoms with van der Waals surface area (Å²) in [5.41, 5.74) is 1.28. The monoisotopic (exact) mass is 305 g/mol. The molecule has 22 heavy (non-hydrogen) atoms. The van der Waals surface area contributed by atoms with Crippen molar-refractivity contribution >= 4 is 5.91 Å². The third kappa shape index (κ3) is 6.06. The Morgan fingerprint density at radius 2 is 1.86 bits per heavy atom. The highest BCUT2D eigenvalue weighted by molar-refractivity contribution is 5.77. The highest BCUT2D eigenvalue weighted by Crippen LogP contribution is 2.16. The van der Waals surface area contributed by atoms with Crippen LogP contribution in [0.3, 0.4) is 0 Å². The zero-order chi connectivity index (χ0) is 15.6. The van der Waals surface area contributed by atoms with E-state index in [1.807, 2.05) is 12.1 Å². The van der Waals surface area contributed by atoms with Crippen molar-refractivity contribution in [3.8, 4) is 5.75 Å². The van der Waals surface area contributed by atoms with Gasteiger partial charge in [-0.15, -0.1) is 0 Å². The average molecular weight is 305 g/mol. The first kappa shape index (κ1) is 16.8. The number of methoxy groups -OCH3 is 1. The van der Waals surface area contributed by atoms with Crippen LogP contribution in [-0.4, -0.2) is 32.1 Å². The van der Waals surface area contributed by atoms with Crippen LogP contribution in [0.15, 0.2) is 24.3 Å². The lowest BCUT2D eigenvalue weighted by molar-refractivity contribution is -0.643. The Morgan fingerprint density at radius 3 is 2.50 bits per heavy atom. The number of hydrogen-bond acceptors (Lipinski definition) is 2. The van der Waals surface area contributed by atoms with Crippen LogP contribution in [0.4, 0.5) is 0 Å². The van der Waals surface area contributed by atoms with E-state index in [1.165, 1.54) is 31.2 Å². The van der Waals surface area contributed by atoms with Gasteiger partial charge in [-0.05, 0) is 30.5 Å². The quantitative estimate of drug-likeness (QED) is 0.594. The smallest absolute Gasteiger partial charge is 0.275 e. The van der Waals surface area contributed by atoms with Crippen LogP contribution >= 0.6 is 0 Å². The number of amides is 1. The molecule has 1 aromatic rings. The van der Waals surface area contributed by atoms with E-state index in [2.05, 4.69) is 22.8 Å². The fourth-order valence-electron chi connectivity index (χ4n) is 3.00. The summed E-state index contributed by atoms with van der Waals surface area (Å²) in [5.74, 6) is 1.07. The molecule has 1 aromatic carbocycles. The molecule has 122 valence electrons. The molecule has 0 aromatic heterocycles. The van der Waals surface area contributed by atoms with Gasteiger partial charge in [-0.3, -0.25) is 4.79 Å². The van der Waals surface area contributed by atoms with Crippen LogP contribution in [0.5, 0.6) is 5.75 Å². The van der Waals surface area contributed by atoms with Gasteiger partial charge in [-0.25, -0.2) is 0 Å². The molecule has 0 saturated heterocycles. The Balaban J connectivity index is 1.59. The van der Waals surface area contributed by atoms with Crippen molar-refractivity contribution in [3.05, 3.63) is 29.8 Å².